The van der Waals surface area contributed by atoms with Crippen LogP contribution in [-0.4, -0.2) is 34.5 Å². The first kappa shape index (κ1) is 19.9. The van der Waals surface area contributed by atoms with Crippen molar-refractivity contribution < 1.29 is 13.2 Å². The normalized spacial score (nSPS) is 17.5. The van der Waals surface area contributed by atoms with Crippen LogP contribution in [0.4, 0.5) is 0 Å². The van der Waals surface area contributed by atoms with Crippen molar-refractivity contribution in [2.45, 2.75) is 30.7 Å². The Hall–Kier alpha value is -1.15. The maximum absolute atomic E-state index is 11.8. The van der Waals surface area contributed by atoms with Crippen LogP contribution in [0.1, 0.15) is 24.8 Å². The van der Waals surface area contributed by atoms with Gasteiger partial charge in [-0.25, -0.2) is 13.1 Å². The monoisotopic (exact) mass is 361 g/mol. The van der Waals surface area contributed by atoms with E-state index in [1.54, 1.807) is 18.2 Å². The van der Waals surface area contributed by atoms with E-state index in [1.165, 1.54) is 13.1 Å². The molecule has 0 aliphatic carbocycles. The zero-order chi connectivity index (χ0) is 16.0. The molecule has 1 atom stereocenters. The number of hydrogen-bond donors (Lipinski definition) is 3. The number of carbonyl (C=O) groups excluding carboxylic acids is 1. The van der Waals surface area contributed by atoms with Gasteiger partial charge in [-0.2, -0.15) is 0 Å². The molecular formula is C15H24ClN3O3S. The third-order valence-corrected chi connectivity index (χ3v) is 5.32. The van der Waals surface area contributed by atoms with Crippen molar-refractivity contribution in [3.05, 3.63) is 29.8 Å². The van der Waals surface area contributed by atoms with Gasteiger partial charge in [-0.1, -0.05) is 12.1 Å². The largest absolute Gasteiger partial charge is 0.352 e. The number of carbonyl (C=O) groups is 1. The van der Waals surface area contributed by atoms with Crippen LogP contribution in [-0.2, 0) is 21.4 Å². The Labute approximate surface area is 143 Å². The molecule has 3 N–H and O–H groups in total. The SMILES string of the molecule is CNS(=O)(=O)c1cccc(CNC(=O)CCC2CCNC2)c1.Cl. The second kappa shape index (κ2) is 9.22. The Bertz CT molecular complexity index is 616. The minimum atomic E-state index is -3.45. The number of nitrogens with one attached hydrogen (secondary N) is 3. The predicted molar refractivity (Wildman–Crippen MR) is 92.0 cm³/mol. The highest BCUT2D eigenvalue weighted by molar-refractivity contribution is 7.89. The van der Waals surface area contributed by atoms with Gasteiger partial charge in [0.25, 0.3) is 0 Å². The third-order valence-electron chi connectivity index (χ3n) is 3.91. The number of amides is 1. The van der Waals surface area contributed by atoms with E-state index in [2.05, 4.69) is 15.4 Å². The lowest BCUT2D eigenvalue weighted by Gasteiger charge is -2.09. The van der Waals surface area contributed by atoms with E-state index in [-0.39, 0.29) is 23.2 Å². The van der Waals surface area contributed by atoms with Crippen LogP contribution in [0.15, 0.2) is 29.2 Å². The standard InChI is InChI=1S/C15H23N3O3S.ClH/c1-16-22(20,21)14-4-2-3-13(9-14)11-18-15(19)6-5-12-7-8-17-10-12;/h2-4,9,12,16-17H,5-8,10-11H2,1H3,(H,18,19);1H. The summed E-state index contributed by atoms with van der Waals surface area (Å²) >= 11 is 0. The highest BCUT2D eigenvalue weighted by atomic mass is 35.5. The van der Waals surface area contributed by atoms with E-state index in [9.17, 15) is 13.2 Å². The maximum Gasteiger partial charge on any atom is 0.240 e. The fraction of sp³-hybridized carbons (Fsp3) is 0.533. The van der Waals surface area contributed by atoms with Crippen molar-refractivity contribution in [1.82, 2.24) is 15.4 Å². The Kier molecular flexibility index (Phi) is 7.98. The summed E-state index contributed by atoms with van der Waals surface area (Å²) in [6.07, 6.45) is 2.55. The molecule has 1 aliphatic rings. The number of rotatable bonds is 7. The van der Waals surface area contributed by atoms with Gasteiger partial charge >= 0.3 is 0 Å². The van der Waals surface area contributed by atoms with Gasteiger partial charge in [-0.3, -0.25) is 4.79 Å². The summed E-state index contributed by atoms with van der Waals surface area (Å²) in [5, 5.41) is 6.13. The van der Waals surface area contributed by atoms with E-state index >= 15 is 0 Å². The van der Waals surface area contributed by atoms with Gasteiger partial charge in [0.15, 0.2) is 0 Å². The van der Waals surface area contributed by atoms with E-state index < -0.39 is 10.0 Å². The Morgan fingerprint density at radius 1 is 1.39 bits per heavy atom. The first-order valence-electron chi connectivity index (χ1n) is 7.51. The topological polar surface area (TPSA) is 87.3 Å². The number of benzene rings is 1. The molecule has 1 aromatic carbocycles. The number of halogens is 1. The molecule has 6 nitrogen and oxygen atoms in total. The molecule has 1 unspecified atom stereocenters. The maximum atomic E-state index is 11.8. The molecule has 0 radical (unpaired) electrons. The molecule has 23 heavy (non-hydrogen) atoms. The zero-order valence-corrected chi connectivity index (χ0v) is 14.8. The average molecular weight is 362 g/mol. The molecule has 1 saturated heterocycles. The summed E-state index contributed by atoms with van der Waals surface area (Å²) < 4.78 is 25.8. The summed E-state index contributed by atoms with van der Waals surface area (Å²) in [5.74, 6) is 0.601. The molecule has 1 aliphatic heterocycles. The minimum Gasteiger partial charge on any atom is -0.352 e. The zero-order valence-electron chi connectivity index (χ0n) is 13.2. The van der Waals surface area contributed by atoms with Crippen molar-refractivity contribution in [2.75, 3.05) is 20.1 Å². The fourth-order valence-corrected chi connectivity index (χ4v) is 3.33. The van der Waals surface area contributed by atoms with Gasteiger partial charge in [0, 0.05) is 13.0 Å². The van der Waals surface area contributed by atoms with Crippen LogP contribution in [0.3, 0.4) is 0 Å². The van der Waals surface area contributed by atoms with Crippen LogP contribution < -0.4 is 15.4 Å². The molecule has 0 saturated carbocycles. The Balaban J connectivity index is 0.00000264. The van der Waals surface area contributed by atoms with Crippen molar-refractivity contribution in [3.63, 3.8) is 0 Å². The van der Waals surface area contributed by atoms with E-state index in [1.807, 2.05) is 0 Å². The van der Waals surface area contributed by atoms with Crippen LogP contribution in [0.5, 0.6) is 0 Å². The molecule has 0 spiro atoms. The summed E-state index contributed by atoms with van der Waals surface area (Å²) in [6.45, 7) is 2.38. The minimum absolute atomic E-state index is 0. The molecule has 8 heteroatoms. The lowest BCUT2D eigenvalue weighted by molar-refractivity contribution is -0.121. The quantitative estimate of drug-likeness (QED) is 0.676. The number of hydrogen-bond acceptors (Lipinski definition) is 4. The van der Waals surface area contributed by atoms with Gasteiger partial charge in [0.05, 0.1) is 4.90 Å². The van der Waals surface area contributed by atoms with Crippen LogP contribution in [0, 0.1) is 5.92 Å². The fourth-order valence-electron chi connectivity index (χ4n) is 2.53. The van der Waals surface area contributed by atoms with Crippen molar-refractivity contribution in [1.29, 1.82) is 0 Å². The van der Waals surface area contributed by atoms with Crippen LogP contribution >= 0.6 is 12.4 Å². The molecule has 1 fully saturated rings. The molecule has 1 amide bonds. The summed E-state index contributed by atoms with van der Waals surface area (Å²) in [4.78, 5) is 12.1. The Morgan fingerprint density at radius 2 is 2.17 bits per heavy atom. The molecule has 0 aromatic heterocycles. The first-order chi connectivity index (χ1) is 10.5. The highest BCUT2D eigenvalue weighted by Gasteiger charge is 2.16. The van der Waals surface area contributed by atoms with Crippen LogP contribution in [0.2, 0.25) is 0 Å². The van der Waals surface area contributed by atoms with Crippen molar-refractivity contribution >= 4 is 28.3 Å². The van der Waals surface area contributed by atoms with Gasteiger partial charge in [0.2, 0.25) is 15.9 Å². The van der Waals surface area contributed by atoms with Gasteiger partial charge in [-0.15, -0.1) is 12.4 Å². The predicted octanol–water partition coefficient (Wildman–Crippen LogP) is 1.02. The summed E-state index contributed by atoms with van der Waals surface area (Å²) in [5.41, 5.74) is 0.771. The average Bonchev–Trinajstić information content (AvgIpc) is 3.04. The molecule has 0 bridgehead atoms. The second-order valence-corrected chi connectivity index (χ2v) is 7.42. The van der Waals surface area contributed by atoms with Gasteiger partial charge < -0.3 is 10.6 Å². The molecule has 2 rings (SSSR count). The van der Waals surface area contributed by atoms with Gasteiger partial charge in [0.1, 0.15) is 0 Å². The highest BCUT2D eigenvalue weighted by Crippen LogP contribution is 2.14. The third kappa shape index (κ3) is 6.10. The first-order valence-corrected chi connectivity index (χ1v) is 8.99. The van der Waals surface area contributed by atoms with Crippen molar-refractivity contribution in [3.8, 4) is 0 Å². The van der Waals surface area contributed by atoms with Crippen molar-refractivity contribution in [2.24, 2.45) is 5.92 Å². The lowest BCUT2D eigenvalue weighted by Crippen LogP contribution is -2.24. The molecular weight excluding hydrogens is 338 g/mol. The molecule has 1 heterocycles. The molecule has 1 aromatic rings. The Morgan fingerprint density at radius 3 is 2.83 bits per heavy atom. The van der Waals surface area contributed by atoms with E-state index in [0.29, 0.717) is 18.9 Å². The van der Waals surface area contributed by atoms with Gasteiger partial charge in [-0.05, 0) is 56.6 Å². The number of sulfonamides is 1. The van der Waals surface area contributed by atoms with E-state index in [4.69, 9.17) is 0 Å². The summed E-state index contributed by atoms with van der Waals surface area (Å²) in [7, 11) is -2.07. The molecule has 130 valence electrons. The smallest absolute Gasteiger partial charge is 0.240 e. The lowest BCUT2D eigenvalue weighted by atomic mass is 10.0. The summed E-state index contributed by atoms with van der Waals surface area (Å²) in [6, 6.07) is 6.59. The van der Waals surface area contributed by atoms with E-state index in [0.717, 1.165) is 31.5 Å². The second-order valence-electron chi connectivity index (χ2n) is 5.53. The van der Waals surface area contributed by atoms with Crippen LogP contribution in [0.25, 0.3) is 0 Å².